The number of nitrogens with one attached hydrogen (secondary N) is 1. The van der Waals surface area contributed by atoms with Gasteiger partial charge in [-0.3, -0.25) is 9.36 Å². The van der Waals surface area contributed by atoms with Gasteiger partial charge in [-0.15, -0.1) is 10.2 Å². The summed E-state index contributed by atoms with van der Waals surface area (Å²) in [7, 11) is 1.64. The van der Waals surface area contributed by atoms with Crippen molar-refractivity contribution in [1.29, 1.82) is 0 Å². The molecule has 1 amide bonds. The normalized spacial score (nSPS) is 13.5. The van der Waals surface area contributed by atoms with Gasteiger partial charge >= 0.3 is 0 Å². The molecule has 0 bridgehead atoms. The molecular formula is C25H28N4O2S. The maximum absolute atomic E-state index is 12.5. The summed E-state index contributed by atoms with van der Waals surface area (Å²) in [5.74, 6) is 1.70. The summed E-state index contributed by atoms with van der Waals surface area (Å²) < 4.78 is 7.51. The quantitative estimate of drug-likeness (QED) is 0.367. The largest absolute Gasteiger partial charge is 0.496 e. The first kappa shape index (κ1) is 22.1. The summed E-state index contributed by atoms with van der Waals surface area (Å²) in [5, 5.41) is 12.6. The highest BCUT2D eigenvalue weighted by Crippen LogP contribution is 2.33. The van der Waals surface area contributed by atoms with Crippen molar-refractivity contribution in [2.75, 3.05) is 19.4 Å². The van der Waals surface area contributed by atoms with Crippen LogP contribution in [-0.2, 0) is 4.79 Å². The lowest BCUT2D eigenvalue weighted by atomic mass is 9.97. The molecule has 0 saturated carbocycles. The Morgan fingerprint density at radius 3 is 2.69 bits per heavy atom. The Kier molecular flexibility index (Phi) is 7.61. The Balaban J connectivity index is 1.48. The zero-order valence-electron chi connectivity index (χ0n) is 18.3. The minimum atomic E-state index is 0.00728. The van der Waals surface area contributed by atoms with Crippen LogP contribution < -0.4 is 10.1 Å². The number of hydrogen-bond donors (Lipinski definition) is 1. The van der Waals surface area contributed by atoms with E-state index in [2.05, 4.69) is 21.6 Å². The summed E-state index contributed by atoms with van der Waals surface area (Å²) in [6.07, 6.45) is 8.14. The van der Waals surface area contributed by atoms with Crippen LogP contribution in [-0.4, -0.2) is 40.1 Å². The fourth-order valence-corrected chi connectivity index (χ4v) is 4.63. The molecule has 2 aromatic carbocycles. The van der Waals surface area contributed by atoms with Crippen molar-refractivity contribution in [2.45, 2.75) is 37.3 Å². The summed E-state index contributed by atoms with van der Waals surface area (Å²) in [6, 6.07) is 17.7. The van der Waals surface area contributed by atoms with Gasteiger partial charge in [0.2, 0.25) is 5.91 Å². The van der Waals surface area contributed by atoms with Gasteiger partial charge in [-0.25, -0.2) is 0 Å². The number of para-hydroxylation sites is 2. The SMILES string of the molecule is COc1ccccc1-c1nnc(SCC(=O)NCCC2=CCCCC2)n1-c1ccccc1. The summed E-state index contributed by atoms with van der Waals surface area (Å²) in [4.78, 5) is 12.5. The predicted octanol–water partition coefficient (Wildman–Crippen LogP) is 5.04. The van der Waals surface area contributed by atoms with E-state index in [4.69, 9.17) is 4.74 Å². The van der Waals surface area contributed by atoms with Crippen LogP contribution in [0.25, 0.3) is 17.1 Å². The summed E-state index contributed by atoms with van der Waals surface area (Å²) in [6.45, 7) is 0.684. The summed E-state index contributed by atoms with van der Waals surface area (Å²) >= 11 is 1.39. The number of nitrogens with zero attached hydrogens (tertiary/aromatic N) is 3. The monoisotopic (exact) mass is 448 g/mol. The molecule has 166 valence electrons. The van der Waals surface area contributed by atoms with Crippen molar-refractivity contribution in [2.24, 2.45) is 0 Å². The average molecular weight is 449 g/mol. The van der Waals surface area contributed by atoms with Gasteiger partial charge in [0.05, 0.1) is 18.4 Å². The summed E-state index contributed by atoms with van der Waals surface area (Å²) in [5.41, 5.74) is 3.25. The molecule has 6 nitrogen and oxygen atoms in total. The van der Waals surface area contributed by atoms with Crippen molar-refractivity contribution in [3.63, 3.8) is 0 Å². The van der Waals surface area contributed by atoms with E-state index >= 15 is 0 Å². The Hall–Kier alpha value is -3.06. The minimum absolute atomic E-state index is 0.00728. The van der Waals surface area contributed by atoms with Crippen LogP contribution in [0, 0.1) is 0 Å². The van der Waals surface area contributed by atoms with Gasteiger partial charge in [-0.2, -0.15) is 0 Å². The third-order valence-corrected chi connectivity index (χ3v) is 6.41. The minimum Gasteiger partial charge on any atom is -0.496 e. The van der Waals surface area contributed by atoms with Gasteiger partial charge in [0, 0.05) is 12.2 Å². The molecule has 0 spiro atoms. The van der Waals surface area contributed by atoms with E-state index in [0.29, 0.717) is 17.5 Å². The van der Waals surface area contributed by atoms with Gasteiger partial charge in [0.1, 0.15) is 5.75 Å². The Labute approximate surface area is 193 Å². The number of carbonyl (C=O) groups is 1. The van der Waals surface area contributed by atoms with Crippen LogP contribution in [0.1, 0.15) is 32.1 Å². The van der Waals surface area contributed by atoms with Crippen LogP contribution in [0.3, 0.4) is 0 Å². The zero-order valence-corrected chi connectivity index (χ0v) is 19.1. The molecule has 0 radical (unpaired) electrons. The van der Waals surface area contributed by atoms with E-state index in [1.54, 1.807) is 7.11 Å². The van der Waals surface area contributed by atoms with Gasteiger partial charge in [0.15, 0.2) is 11.0 Å². The van der Waals surface area contributed by atoms with E-state index in [-0.39, 0.29) is 11.7 Å². The number of methoxy groups -OCH3 is 1. The Bertz CT molecular complexity index is 1080. The average Bonchev–Trinajstić information content (AvgIpc) is 3.27. The molecule has 4 rings (SSSR count). The second-order valence-corrected chi connectivity index (χ2v) is 8.62. The fraction of sp³-hybridized carbons (Fsp3) is 0.320. The third-order valence-electron chi connectivity index (χ3n) is 5.48. The lowest BCUT2D eigenvalue weighted by Gasteiger charge is -2.13. The predicted molar refractivity (Wildman–Crippen MR) is 128 cm³/mol. The fourth-order valence-electron chi connectivity index (χ4n) is 3.85. The topological polar surface area (TPSA) is 69.0 Å². The molecule has 0 saturated heterocycles. The van der Waals surface area contributed by atoms with Gasteiger partial charge in [-0.1, -0.05) is 53.7 Å². The maximum Gasteiger partial charge on any atom is 0.230 e. The highest BCUT2D eigenvalue weighted by Gasteiger charge is 2.19. The van der Waals surface area contributed by atoms with Crippen LogP contribution in [0.2, 0.25) is 0 Å². The number of hydrogen-bond acceptors (Lipinski definition) is 5. The molecule has 3 aromatic rings. The van der Waals surface area contributed by atoms with Gasteiger partial charge < -0.3 is 10.1 Å². The third kappa shape index (κ3) is 5.40. The Morgan fingerprint density at radius 1 is 1.09 bits per heavy atom. The van der Waals surface area contributed by atoms with E-state index in [0.717, 1.165) is 29.8 Å². The Morgan fingerprint density at radius 2 is 1.91 bits per heavy atom. The van der Waals surface area contributed by atoms with E-state index in [1.165, 1.54) is 36.6 Å². The molecule has 0 aliphatic heterocycles. The number of ether oxygens (including phenoxy) is 1. The zero-order chi connectivity index (χ0) is 22.2. The molecule has 0 atom stereocenters. The van der Waals surface area contributed by atoms with Crippen molar-refractivity contribution < 1.29 is 9.53 Å². The number of allylic oxidation sites excluding steroid dienone is 1. The van der Waals surface area contributed by atoms with Crippen LogP contribution in [0.4, 0.5) is 0 Å². The molecule has 32 heavy (non-hydrogen) atoms. The second kappa shape index (κ2) is 11.0. The lowest BCUT2D eigenvalue weighted by molar-refractivity contribution is -0.118. The van der Waals surface area contributed by atoms with Crippen molar-refractivity contribution >= 4 is 17.7 Å². The molecule has 0 unspecified atom stereocenters. The first-order valence-corrected chi connectivity index (χ1v) is 12.0. The maximum atomic E-state index is 12.5. The number of amides is 1. The number of thioether (sulfide) groups is 1. The smallest absolute Gasteiger partial charge is 0.230 e. The number of benzene rings is 2. The van der Waals surface area contributed by atoms with E-state index in [9.17, 15) is 4.79 Å². The van der Waals surface area contributed by atoms with Gasteiger partial charge in [0.25, 0.3) is 0 Å². The van der Waals surface area contributed by atoms with Crippen LogP contribution in [0.5, 0.6) is 5.75 Å². The lowest BCUT2D eigenvalue weighted by Crippen LogP contribution is -2.26. The molecule has 1 heterocycles. The van der Waals surface area contributed by atoms with Crippen LogP contribution in [0.15, 0.2) is 71.4 Å². The molecule has 1 aromatic heterocycles. The van der Waals surface area contributed by atoms with Crippen LogP contribution >= 0.6 is 11.8 Å². The second-order valence-electron chi connectivity index (χ2n) is 7.67. The number of carbonyl (C=O) groups excluding carboxylic acids is 1. The standard InChI is InChI=1S/C25H28N4O2S/c1-31-22-15-9-8-14-21(22)24-27-28-25(29(24)20-12-6-3-7-13-20)32-18-23(30)26-17-16-19-10-4-2-5-11-19/h3,6-10,12-15H,2,4-5,11,16-18H2,1H3,(H,26,30). The highest BCUT2D eigenvalue weighted by molar-refractivity contribution is 7.99. The first-order chi connectivity index (χ1) is 15.8. The molecule has 1 aliphatic rings. The van der Waals surface area contributed by atoms with Crippen molar-refractivity contribution in [1.82, 2.24) is 20.1 Å². The molecule has 1 aliphatic carbocycles. The van der Waals surface area contributed by atoms with Crippen molar-refractivity contribution in [3.8, 4) is 22.8 Å². The van der Waals surface area contributed by atoms with Crippen molar-refractivity contribution in [3.05, 3.63) is 66.2 Å². The molecule has 1 N–H and O–H groups in total. The van der Waals surface area contributed by atoms with Gasteiger partial charge in [-0.05, 0) is 56.4 Å². The van der Waals surface area contributed by atoms with E-state index < -0.39 is 0 Å². The first-order valence-electron chi connectivity index (χ1n) is 11.0. The number of rotatable bonds is 9. The molecular weight excluding hydrogens is 420 g/mol. The molecule has 7 heteroatoms. The molecule has 0 fully saturated rings. The van der Waals surface area contributed by atoms with E-state index in [1.807, 2.05) is 59.2 Å². The number of aromatic nitrogens is 3. The highest BCUT2D eigenvalue weighted by atomic mass is 32.2.